The van der Waals surface area contributed by atoms with Crippen molar-refractivity contribution in [1.82, 2.24) is 14.1 Å². The van der Waals surface area contributed by atoms with Crippen LogP contribution in [0.4, 0.5) is 0 Å². The van der Waals surface area contributed by atoms with Gasteiger partial charge in [-0.3, -0.25) is 9.13 Å². The number of methoxy groups -OCH3 is 1. The van der Waals surface area contributed by atoms with Crippen molar-refractivity contribution in [3.8, 4) is 5.75 Å². The number of hydrogen-bond acceptors (Lipinski definition) is 7. The summed E-state index contributed by atoms with van der Waals surface area (Å²) in [6.45, 7) is 3.53. The van der Waals surface area contributed by atoms with Crippen molar-refractivity contribution in [3.05, 3.63) is 34.7 Å². The van der Waals surface area contributed by atoms with Crippen molar-refractivity contribution in [2.45, 2.75) is 44.1 Å². The van der Waals surface area contributed by atoms with Gasteiger partial charge in [-0.05, 0) is 32.0 Å². The molecule has 9 heteroatoms. The summed E-state index contributed by atoms with van der Waals surface area (Å²) in [6, 6.07) is 7.16. The van der Waals surface area contributed by atoms with Gasteiger partial charge in [-0.25, -0.2) is 9.78 Å². The molecule has 2 N–H and O–H groups in total. The third kappa shape index (κ3) is 3.10. The third-order valence-corrected chi connectivity index (χ3v) is 5.55. The van der Waals surface area contributed by atoms with Gasteiger partial charge >= 0.3 is 5.69 Å². The van der Waals surface area contributed by atoms with Gasteiger partial charge in [-0.2, -0.15) is 0 Å². The summed E-state index contributed by atoms with van der Waals surface area (Å²) >= 11 is 0. The highest BCUT2D eigenvalue weighted by molar-refractivity contribution is 5.90. The lowest BCUT2D eigenvalue weighted by molar-refractivity contribution is -0.305. The third-order valence-electron chi connectivity index (χ3n) is 5.55. The van der Waals surface area contributed by atoms with Crippen LogP contribution in [0, 0.1) is 0 Å². The van der Waals surface area contributed by atoms with Gasteiger partial charge < -0.3 is 24.4 Å². The van der Waals surface area contributed by atoms with Crippen LogP contribution >= 0.6 is 0 Å². The summed E-state index contributed by atoms with van der Waals surface area (Å²) in [5, 5.41) is 21.7. The van der Waals surface area contributed by atoms with Crippen LogP contribution in [0.1, 0.15) is 13.8 Å². The molecule has 1 aromatic carbocycles. The lowest BCUT2D eigenvalue weighted by Crippen LogP contribution is -2.63. The van der Waals surface area contributed by atoms with E-state index in [1.54, 1.807) is 44.6 Å². The van der Waals surface area contributed by atoms with Gasteiger partial charge in [0.25, 0.3) is 0 Å². The second-order valence-corrected chi connectivity index (χ2v) is 7.93. The zero-order chi connectivity index (χ0) is 21.1. The molecule has 0 amide bonds. The highest BCUT2D eigenvalue weighted by Crippen LogP contribution is 2.33. The molecule has 1 fully saturated rings. The number of pyridine rings is 1. The molecule has 156 valence electrons. The maximum Gasteiger partial charge on any atom is 0.329 e. The van der Waals surface area contributed by atoms with Crippen molar-refractivity contribution in [2.24, 2.45) is 14.1 Å². The van der Waals surface area contributed by atoms with Gasteiger partial charge in [-0.15, -0.1) is 0 Å². The molecule has 1 aliphatic heterocycles. The predicted octanol–water partition coefficient (Wildman–Crippen LogP) is 0.676. The van der Waals surface area contributed by atoms with Crippen molar-refractivity contribution in [1.29, 1.82) is 0 Å². The first-order valence-corrected chi connectivity index (χ1v) is 9.33. The molecule has 1 saturated heterocycles. The van der Waals surface area contributed by atoms with Crippen molar-refractivity contribution < 1.29 is 24.4 Å². The first-order valence-electron chi connectivity index (χ1n) is 9.33. The molecule has 4 unspecified atom stereocenters. The Labute approximate surface area is 167 Å². The minimum Gasteiger partial charge on any atom is -0.462 e. The Bertz CT molecular complexity index is 1130. The summed E-state index contributed by atoms with van der Waals surface area (Å²) in [5.74, 6) is 0.424. The van der Waals surface area contributed by atoms with E-state index in [1.807, 2.05) is 12.1 Å². The van der Waals surface area contributed by atoms with E-state index < -0.39 is 30.2 Å². The van der Waals surface area contributed by atoms with E-state index in [2.05, 4.69) is 4.98 Å². The van der Waals surface area contributed by atoms with Gasteiger partial charge in [0.15, 0.2) is 5.65 Å². The topological polar surface area (TPSA) is 108 Å². The Kier molecular flexibility index (Phi) is 4.66. The maximum absolute atomic E-state index is 12.2. The van der Waals surface area contributed by atoms with Crippen molar-refractivity contribution in [3.63, 3.8) is 0 Å². The molecule has 0 aliphatic carbocycles. The number of imidazole rings is 1. The molecule has 2 aromatic heterocycles. The number of aryl methyl sites for hydroxylation is 2. The van der Waals surface area contributed by atoms with Crippen LogP contribution in [-0.2, 0) is 23.6 Å². The van der Waals surface area contributed by atoms with Gasteiger partial charge in [0.1, 0.15) is 24.1 Å². The largest absolute Gasteiger partial charge is 0.462 e. The van der Waals surface area contributed by atoms with Crippen molar-refractivity contribution >= 4 is 22.1 Å². The zero-order valence-corrected chi connectivity index (χ0v) is 17.0. The van der Waals surface area contributed by atoms with E-state index in [4.69, 9.17) is 14.2 Å². The molecule has 0 spiro atoms. The van der Waals surface area contributed by atoms with E-state index in [1.165, 1.54) is 11.7 Å². The Balaban J connectivity index is 1.69. The summed E-state index contributed by atoms with van der Waals surface area (Å²) in [5.41, 5.74) is 0.926. The van der Waals surface area contributed by atoms with Crippen LogP contribution in [0.25, 0.3) is 22.1 Å². The second-order valence-electron chi connectivity index (χ2n) is 7.93. The standard InChI is InChI=1S/C20H25N3O6/c1-20(2)16(27-5)14(24)15(25)18(29-20)28-11-7-6-10-8-13-17(21-12(10)9-11)23(4)19(26)22(13)3/h6-9,14-16,18,24-25H,1-5H3. The highest BCUT2D eigenvalue weighted by atomic mass is 16.7. The number of fused-ring (bicyclic) bond motifs is 2. The van der Waals surface area contributed by atoms with E-state index >= 15 is 0 Å². The number of ether oxygens (including phenoxy) is 3. The van der Waals surface area contributed by atoms with Gasteiger partial charge in [0, 0.05) is 32.7 Å². The van der Waals surface area contributed by atoms with Gasteiger partial charge in [0.2, 0.25) is 6.29 Å². The fourth-order valence-electron chi connectivity index (χ4n) is 3.95. The molecule has 9 nitrogen and oxygen atoms in total. The molecule has 4 rings (SSSR count). The smallest absolute Gasteiger partial charge is 0.329 e. The molecule has 0 bridgehead atoms. The monoisotopic (exact) mass is 403 g/mol. The predicted molar refractivity (Wildman–Crippen MR) is 106 cm³/mol. The number of aliphatic hydroxyl groups excluding tert-OH is 2. The quantitative estimate of drug-likeness (QED) is 0.662. The summed E-state index contributed by atoms with van der Waals surface area (Å²) < 4.78 is 20.0. The minimum absolute atomic E-state index is 0.151. The van der Waals surface area contributed by atoms with Crippen LogP contribution in [0.15, 0.2) is 29.1 Å². The molecule has 1 aliphatic rings. The fourth-order valence-corrected chi connectivity index (χ4v) is 3.95. The Morgan fingerprint density at radius 3 is 2.55 bits per heavy atom. The van der Waals surface area contributed by atoms with Crippen LogP contribution in [0.3, 0.4) is 0 Å². The second kappa shape index (κ2) is 6.81. The van der Waals surface area contributed by atoms with Gasteiger partial charge in [-0.1, -0.05) is 0 Å². The lowest BCUT2D eigenvalue weighted by Gasteiger charge is -2.46. The van der Waals surface area contributed by atoms with Crippen molar-refractivity contribution in [2.75, 3.05) is 7.11 Å². The number of aromatic nitrogens is 3. The normalized spacial score (nSPS) is 26.9. The molecule has 0 saturated carbocycles. The lowest BCUT2D eigenvalue weighted by atomic mass is 9.89. The van der Waals surface area contributed by atoms with Crippen LogP contribution in [0.5, 0.6) is 5.75 Å². The summed E-state index contributed by atoms with van der Waals surface area (Å²) in [4.78, 5) is 16.7. The van der Waals surface area contributed by atoms with Crippen LogP contribution < -0.4 is 10.4 Å². The Hall–Kier alpha value is -2.46. The summed E-state index contributed by atoms with van der Waals surface area (Å²) in [7, 11) is 4.84. The first-order chi connectivity index (χ1) is 13.6. The molecule has 4 atom stereocenters. The molecule has 3 heterocycles. The average molecular weight is 403 g/mol. The maximum atomic E-state index is 12.2. The average Bonchev–Trinajstić information content (AvgIpc) is 2.88. The molecular formula is C20H25N3O6. The molecule has 3 aromatic rings. The van der Waals surface area contributed by atoms with E-state index in [0.29, 0.717) is 16.9 Å². The van der Waals surface area contributed by atoms with Gasteiger partial charge in [0.05, 0.1) is 16.6 Å². The number of hydrogen-bond donors (Lipinski definition) is 2. The van der Waals surface area contributed by atoms with Crippen LogP contribution in [-0.4, -0.2) is 61.6 Å². The molecule has 29 heavy (non-hydrogen) atoms. The molecular weight excluding hydrogens is 378 g/mol. The number of benzene rings is 1. The highest BCUT2D eigenvalue weighted by Gasteiger charge is 2.50. The van der Waals surface area contributed by atoms with Crippen LogP contribution in [0.2, 0.25) is 0 Å². The summed E-state index contributed by atoms with van der Waals surface area (Å²) in [6.07, 6.45) is -4.21. The SMILES string of the molecule is COC1C(O)C(O)C(Oc2ccc3cc4c(nc3c2)n(C)c(=O)n4C)OC1(C)C. The van der Waals surface area contributed by atoms with E-state index in [9.17, 15) is 15.0 Å². The number of aliphatic hydroxyl groups is 2. The Morgan fingerprint density at radius 1 is 1.14 bits per heavy atom. The Morgan fingerprint density at radius 2 is 1.86 bits per heavy atom. The van der Waals surface area contributed by atoms with E-state index in [-0.39, 0.29) is 5.69 Å². The molecule has 0 radical (unpaired) electrons. The fraction of sp³-hybridized carbons (Fsp3) is 0.500. The van der Waals surface area contributed by atoms with E-state index in [0.717, 1.165) is 10.9 Å². The number of rotatable bonds is 3. The minimum atomic E-state index is -1.28. The zero-order valence-electron chi connectivity index (χ0n) is 17.0. The first kappa shape index (κ1) is 19.8. The number of nitrogens with zero attached hydrogens (tertiary/aromatic N) is 3.